The van der Waals surface area contributed by atoms with Gasteiger partial charge in [-0.25, -0.2) is 4.79 Å². The minimum atomic E-state index is -0.832. The summed E-state index contributed by atoms with van der Waals surface area (Å²) in [6.07, 6.45) is 0.371. The second-order valence-corrected chi connectivity index (χ2v) is 6.14. The maximum Gasteiger partial charge on any atom is 0.314 e. The standard InChI is InChI=1S/C21H26N2O4/c1-2-20(25)17-8-10-19(11-9-17)27-15-18(24)14-23-21(26)22-13-12-16-6-4-3-5-7-16/h3-11,18,24H,2,12-15H2,1H3,(H2,22,23,26). The van der Waals surface area contributed by atoms with Crippen molar-refractivity contribution in [2.24, 2.45) is 0 Å². The predicted molar refractivity (Wildman–Crippen MR) is 104 cm³/mol. The van der Waals surface area contributed by atoms with Crippen LogP contribution in [0.2, 0.25) is 0 Å². The fourth-order valence-electron chi connectivity index (χ4n) is 2.43. The van der Waals surface area contributed by atoms with Crippen molar-refractivity contribution in [1.82, 2.24) is 10.6 Å². The van der Waals surface area contributed by atoms with Crippen LogP contribution in [0.15, 0.2) is 54.6 Å². The van der Waals surface area contributed by atoms with Gasteiger partial charge >= 0.3 is 6.03 Å². The molecule has 6 nitrogen and oxygen atoms in total. The lowest BCUT2D eigenvalue weighted by atomic mass is 10.1. The molecule has 0 fully saturated rings. The van der Waals surface area contributed by atoms with E-state index in [0.29, 0.717) is 24.3 Å². The SMILES string of the molecule is CCC(=O)c1ccc(OCC(O)CNC(=O)NCCc2ccccc2)cc1. The van der Waals surface area contributed by atoms with Crippen molar-refractivity contribution in [3.05, 3.63) is 65.7 Å². The highest BCUT2D eigenvalue weighted by molar-refractivity contribution is 5.95. The van der Waals surface area contributed by atoms with E-state index in [9.17, 15) is 14.7 Å². The van der Waals surface area contributed by atoms with Gasteiger partial charge in [0.15, 0.2) is 5.78 Å². The van der Waals surface area contributed by atoms with Gasteiger partial charge in [-0.1, -0.05) is 37.3 Å². The van der Waals surface area contributed by atoms with Gasteiger partial charge in [0.25, 0.3) is 0 Å². The summed E-state index contributed by atoms with van der Waals surface area (Å²) in [5.74, 6) is 0.637. The van der Waals surface area contributed by atoms with Crippen LogP contribution in [-0.4, -0.2) is 42.7 Å². The van der Waals surface area contributed by atoms with Crippen molar-refractivity contribution in [3.8, 4) is 5.75 Å². The molecule has 0 saturated carbocycles. The molecule has 0 aliphatic rings. The molecule has 0 aliphatic heterocycles. The van der Waals surface area contributed by atoms with Gasteiger partial charge < -0.3 is 20.5 Å². The van der Waals surface area contributed by atoms with Crippen LogP contribution in [0.25, 0.3) is 0 Å². The normalized spacial score (nSPS) is 11.5. The summed E-state index contributed by atoms with van der Waals surface area (Å²) in [6.45, 7) is 2.47. The smallest absolute Gasteiger partial charge is 0.314 e. The Kier molecular flexibility index (Phi) is 8.32. The quantitative estimate of drug-likeness (QED) is 0.561. The van der Waals surface area contributed by atoms with Gasteiger partial charge in [0, 0.05) is 25.1 Å². The van der Waals surface area contributed by atoms with E-state index >= 15 is 0 Å². The van der Waals surface area contributed by atoms with Crippen molar-refractivity contribution in [3.63, 3.8) is 0 Å². The van der Waals surface area contributed by atoms with Gasteiger partial charge in [-0.2, -0.15) is 0 Å². The second-order valence-electron chi connectivity index (χ2n) is 6.14. The number of amides is 2. The fourth-order valence-corrected chi connectivity index (χ4v) is 2.43. The molecule has 27 heavy (non-hydrogen) atoms. The molecule has 0 bridgehead atoms. The van der Waals surface area contributed by atoms with Gasteiger partial charge in [0.05, 0.1) is 0 Å². The number of Topliss-reactive ketones (excluding diaryl/α,β-unsaturated/α-hetero) is 1. The van der Waals surface area contributed by atoms with Crippen LogP contribution in [0.4, 0.5) is 4.79 Å². The van der Waals surface area contributed by atoms with Crippen LogP contribution in [0.5, 0.6) is 5.75 Å². The maximum atomic E-state index is 11.7. The summed E-state index contributed by atoms with van der Waals surface area (Å²) in [5.41, 5.74) is 1.79. The Labute approximate surface area is 159 Å². The lowest BCUT2D eigenvalue weighted by Gasteiger charge is -2.14. The van der Waals surface area contributed by atoms with E-state index in [2.05, 4.69) is 10.6 Å². The number of carbonyl (C=O) groups excluding carboxylic acids is 2. The zero-order valence-electron chi connectivity index (χ0n) is 15.5. The molecule has 2 aromatic carbocycles. The van der Waals surface area contributed by atoms with Gasteiger partial charge in [0.1, 0.15) is 18.5 Å². The number of hydrogen-bond acceptors (Lipinski definition) is 4. The Balaban J connectivity index is 1.61. The number of aliphatic hydroxyl groups is 1. The minimum absolute atomic E-state index is 0.0470. The summed E-state index contributed by atoms with van der Waals surface area (Å²) in [4.78, 5) is 23.3. The molecule has 2 amide bonds. The fraction of sp³-hybridized carbons (Fsp3) is 0.333. The summed E-state index contributed by atoms with van der Waals surface area (Å²) >= 11 is 0. The van der Waals surface area contributed by atoms with E-state index < -0.39 is 6.10 Å². The van der Waals surface area contributed by atoms with Crippen molar-refractivity contribution >= 4 is 11.8 Å². The first-order valence-corrected chi connectivity index (χ1v) is 9.08. The number of carbonyl (C=O) groups is 2. The molecule has 0 radical (unpaired) electrons. The highest BCUT2D eigenvalue weighted by Crippen LogP contribution is 2.13. The van der Waals surface area contributed by atoms with Crippen LogP contribution in [-0.2, 0) is 6.42 Å². The van der Waals surface area contributed by atoms with Crippen LogP contribution in [0, 0.1) is 0 Å². The number of ether oxygens (including phenoxy) is 1. The van der Waals surface area contributed by atoms with Gasteiger partial charge in [-0.3, -0.25) is 4.79 Å². The molecule has 0 aromatic heterocycles. The van der Waals surface area contributed by atoms with Crippen LogP contribution in [0.3, 0.4) is 0 Å². The Morgan fingerprint density at radius 2 is 1.74 bits per heavy atom. The predicted octanol–water partition coefficient (Wildman–Crippen LogP) is 2.56. The highest BCUT2D eigenvalue weighted by Gasteiger charge is 2.08. The minimum Gasteiger partial charge on any atom is -0.491 e. The first-order chi connectivity index (χ1) is 13.1. The van der Waals surface area contributed by atoms with Crippen molar-refractivity contribution in [1.29, 1.82) is 0 Å². The zero-order chi connectivity index (χ0) is 19.5. The Bertz CT molecular complexity index is 717. The summed E-state index contributed by atoms with van der Waals surface area (Å²) in [7, 11) is 0. The van der Waals surface area contributed by atoms with Crippen molar-refractivity contribution in [2.45, 2.75) is 25.9 Å². The average Bonchev–Trinajstić information content (AvgIpc) is 2.71. The lowest BCUT2D eigenvalue weighted by Crippen LogP contribution is -2.41. The molecular formula is C21H26N2O4. The van der Waals surface area contributed by atoms with Gasteiger partial charge in [-0.15, -0.1) is 0 Å². The number of hydrogen-bond donors (Lipinski definition) is 3. The molecule has 0 aliphatic carbocycles. The van der Waals surface area contributed by atoms with Gasteiger partial charge in [0.2, 0.25) is 0 Å². The second kappa shape index (κ2) is 11.0. The zero-order valence-corrected chi connectivity index (χ0v) is 15.5. The third kappa shape index (κ3) is 7.50. The molecule has 3 N–H and O–H groups in total. The molecule has 1 atom stereocenters. The maximum absolute atomic E-state index is 11.7. The van der Waals surface area contributed by atoms with Crippen LogP contribution >= 0.6 is 0 Å². The summed E-state index contributed by atoms with van der Waals surface area (Å²) < 4.78 is 5.47. The van der Waals surface area contributed by atoms with E-state index in [-0.39, 0.29) is 25.0 Å². The van der Waals surface area contributed by atoms with Crippen LogP contribution in [0.1, 0.15) is 29.3 Å². The largest absolute Gasteiger partial charge is 0.491 e. The molecular weight excluding hydrogens is 344 g/mol. The van der Waals surface area contributed by atoms with Crippen LogP contribution < -0.4 is 15.4 Å². The Morgan fingerprint density at radius 1 is 1.04 bits per heavy atom. The number of ketones is 1. The molecule has 0 spiro atoms. The number of benzene rings is 2. The lowest BCUT2D eigenvalue weighted by molar-refractivity contribution is 0.0987. The first-order valence-electron chi connectivity index (χ1n) is 9.08. The molecule has 0 saturated heterocycles. The number of rotatable bonds is 10. The molecule has 1 unspecified atom stereocenters. The molecule has 0 heterocycles. The van der Waals surface area contributed by atoms with Gasteiger partial charge in [-0.05, 0) is 36.2 Å². The third-order valence-electron chi connectivity index (χ3n) is 3.98. The van der Waals surface area contributed by atoms with E-state index in [1.165, 1.54) is 0 Å². The number of nitrogens with one attached hydrogen (secondary N) is 2. The monoisotopic (exact) mass is 370 g/mol. The summed E-state index contributed by atoms with van der Waals surface area (Å²) in [6, 6.07) is 16.3. The average molecular weight is 370 g/mol. The van der Waals surface area contributed by atoms with E-state index in [1.54, 1.807) is 24.3 Å². The molecule has 2 aromatic rings. The molecule has 6 heteroatoms. The molecule has 2 rings (SSSR count). The topological polar surface area (TPSA) is 87.7 Å². The Morgan fingerprint density at radius 3 is 2.41 bits per heavy atom. The van der Waals surface area contributed by atoms with Crippen molar-refractivity contribution < 1.29 is 19.4 Å². The Hall–Kier alpha value is -2.86. The number of aliphatic hydroxyl groups excluding tert-OH is 1. The summed E-state index contributed by atoms with van der Waals surface area (Å²) in [5, 5.41) is 15.3. The third-order valence-corrected chi connectivity index (χ3v) is 3.98. The van der Waals surface area contributed by atoms with Crippen molar-refractivity contribution in [2.75, 3.05) is 19.7 Å². The van der Waals surface area contributed by atoms with E-state index in [4.69, 9.17) is 4.74 Å². The van der Waals surface area contributed by atoms with E-state index in [0.717, 1.165) is 12.0 Å². The number of urea groups is 1. The first kappa shape index (κ1) is 20.5. The highest BCUT2D eigenvalue weighted by atomic mass is 16.5. The molecule has 144 valence electrons. The van der Waals surface area contributed by atoms with E-state index in [1.807, 2.05) is 37.3 Å².